The molecule has 0 radical (unpaired) electrons. The van der Waals surface area contributed by atoms with Crippen LogP contribution in [0.3, 0.4) is 0 Å². The van der Waals surface area contributed by atoms with Gasteiger partial charge < -0.3 is 10.2 Å². The van der Waals surface area contributed by atoms with E-state index >= 15 is 0 Å². The highest BCUT2D eigenvalue weighted by Gasteiger charge is 2.47. The molecule has 2 aromatic carbocycles. The Morgan fingerprint density at radius 2 is 1.56 bits per heavy atom. The van der Waals surface area contributed by atoms with Gasteiger partial charge in [-0.1, -0.05) is 89.9 Å². The highest BCUT2D eigenvalue weighted by molar-refractivity contribution is 8.00. The normalized spacial score (nSPS) is 21.2. The van der Waals surface area contributed by atoms with Gasteiger partial charge in [0.15, 0.2) is 0 Å². The van der Waals surface area contributed by atoms with Crippen molar-refractivity contribution in [1.82, 2.24) is 10.2 Å². The number of nitrogens with one attached hydrogen (secondary N) is 1. The Hall–Kier alpha value is -2.27. The van der Waals surface area contributed by atoms with Crippen molar-refractivity contribution in [3.05, 3.63) is 65.2 Å². The van der Waals surface area contributed by atoms with Gasteiger partial charge in [0, 0.05) is 16.2 Å². The molecule has 1 aliphatic heterocycles. The molecule has 0 spiro atoms. The van der Waals surface area contributed by atoms with Crippen molar-refractivity contribution in [2.75, 3.05) is 0 Å². The van der Waals surface area contributed by atoms with Gasteiger partial charge in [0.2, 0.25) is 11.8 Å². The third kappa shape index (κ3) is 5.19. The van der Waals surface area contributed by atoms with Crippen molar-refractivity contribution in [3.8, 4) is 0 Å². The van der Waals surface area contributed by atoms with Crippen LogP contribution in [0.1, 0.15) is 64.2 Å². The van der Waals surface area contributed by atoms with Crippen LogP contribution in [-0.4, -0.2) is 33.5 Å². The summed E-state index contributed by atoms with van der Waals surface area (Å²) in [6, 6.07) is 15.9. The standard InChI is InChI=1S/C29H38N2O2S/c1-6-19(7-2)26-27(32)30-25(23-16-20-12-8-9-13-21(20)17-23)28(33)31(26)18-22-14-10-11-15-24(22)34-29(3,4)5/h8-15,19,23,25-26H,6-7,16-18H2,1-5H3,(H,30,32). The van der Waals surface area contributed by atoms with E-state index in [0.717, 1.165) is 31.2 Å². The fourth-order valence-corrected chi connectivity index (χ4v) is 6.60. The molecule has 2 atom stereocenters. The molecule has 182 valence electrons. The molecule has 4 rings (SSSR count). The topological polar surface area (TPSA) is 49.4 Å². The van der Waals surface area contributed by atoms with E-state index in [1.807, 2.05) is 22.7 Å². The Labute approximate surface area is 208 Å². The minimum atomic E-state index is -0.465. The van der Waals surface area contributed by atoms with Crippen LogP contribution in [0, 0.1) is 11.8 Å². The molecule has 1 saturated heterocycles. The van der Waals surface area contributed by atoms with E-state index in [0.29, 0.717) is 6.54 Å². The quantitative estimate of drug-likeness (QED) is 0.525. The molecule has 2 aliphatic rings. The predicted octanol–water partition coefficient (Wildman–Crippen LogP) is 5.62. The molecule has 2 aromatic rings. The molecule has 0 aromatic heterocycles. The molecule has 1 fully saturated rings. The van der Waals surface area contributed by atoms with Crippen molar-refractivity contribution >= 4 is 23.6 Å². The van der Waals surface area contributed by atoms with Gasteiger partial charge in [-0.3, -0.25) is 9.59 Å². The lowest BCUT2D eigenvalue weighted by Gasteiger charge is -2.44. The number of carbonyl (C=O) groups excluding carboxylic acids is 2. The monoisotopic (exact) mass is 478 g/mol. The zero-order valence-corrected chi connectivity index (χ0v) is 22.0. The van der Waals surface area contributed by atoms with Gasteiger partial charge in [0.1, 0.15) is 12.1 Å². The van der Waals surface area contributed by atoms with E-state index < -0.39 is 12.1 Å². The van der Waals surface area contributed by atoms with Crippen LogP contribution in [0.2, 0.25) is 0 Å². The number of hydrogen-bond donors (Lipinski definition) is 1. The highest BCUT2D eigenvalue weighted by Crippen LogP contribution is 2.37. The van der Waals surface area contributed by atoms with Crippen LogP contribution in [0.4, 0.5) is 0 Å². The van der Waals surface area contributed by atoms with Crippen LogP contribution in [0.25, 0.3) is 0 Å². The van der Waals surface area contributed by atoms with Crippen LogP contribution >= 0.6 is 11.8 Å². The van der Waals surface area contributed by atoms with E-state index in [1.54, 1.807) is 0 Å². The highest BCUT2D eigenvalue weighted by atomic mass is 32.2. The van der Waals surface area contributed by atoms with Gasteiger partial charge >= 0.3 is 0 Å². The zero-order valence-electron chi connectivity index (χ0n) is 21.1. The lowest BCUT2D eigenvalue weighted by molar-refractivity contribution is -0.154. The maximum Gasteiger partial charge on any atom is 0.246 e. The third-order valence-electron chi connectivity index (χ3n) is 7.23. The number of thioether (sulfide) groups is 1. The zero-order chi connectivity index (χ0) is 24.5. The van der Waals surface area contributed by atoms with E-state index in [9.17, 15) is 9.59 Å². The van der Waals surface area contributed by atoms with Crippen LogP contribution < -0.4 is 5.32 Å². The number of carbonyl (C=O) groups is 2. The first-order valence-electron chi connectivity index (χ1n) is 12.7. The maximum absolute atomic E-state index is 14.1. The van der Waals surface area contributed by atoms with Gasteiger partial charge in [-0.2, -0.15) is 0 Å². The lowest BCUT2D eigenvalue weighted by Crippen LogP contribution is -2.66. The van der Waals surface area contributed by atoms with Gasteiger partial charge in [-0.15, -0.1) is 11.8 Å². The van der Waals surface area contributed by atoms with E-state index in [2.05, 4.69) is 82.4 Å². The summed E-state index contributed by atoms with van der Waals surface area (Å²) in [6.07, 6.45) is 3.42. The maximum atomic E-state index is 14.1. The first-order valence-corrected chi connectivity index (χ1v) is 13.5. The number of benzene rings is 2. The molecule has 2 unspecified atom stereocenters. The summed E-state index contributed by atoms with van der Waals surface area (Å²) in [5.74, 6) is 0.339. The summed E-state index contributed by atoms with van der Waals surface area (Å²) in [5, 5.41) is 3.18. The molecule has 0 saturated carbocycles. The van der Waals surface area contributed by atoms with Crippen LogP contribution in [0.5, 0.6) is 0 Å². The SMILES string of the molecule is CCC(CC)C1C(=O)NC(C2Cc3ccccc3C2)C(=O)N1Cc1ccccc1SC(C)(C)C. The van der Waals surface area contributed by atoms with Gasteiger partial charge in [-0.25, -0.2) is 0 Å². The van der Waals surface area contributed by atoms with Crippen molar-refractivity contribution in [2.45, 2.75) is 88.6 Å². The van der Waals surface area contributed by atoms with Crippen molar-refractivity contribution in [2.24, 2.45) is 11.8 Å². The largest absolute Gasteiger partial charge is 0.342 e. The Balaban J connectivity index is 1.65. The number of hydrogen-bond acceptors (Lipinski definition) is 3. The first kappa shape index (κ1) is 24.8. The lowest BCUT2D eigenvalue weighted by atomic mass is 9.86. The second-order valence-electron chi connectivity index (χ2n) is 10.7. The second kappa shape index (κ2) is 10.2. The average molecular weight is 479 g/mol. The van der Waals surface area contributed by atoms with Gasteiger partial charge in [-0.05, 0) is 47.4 Å². The summed E-state index contributed by atoms with van der Waals surface area (Å²) in [4.78, 5) is 30.7. The molecule has 4 nitrogen and oxygen atoms in total. The summed E-state index contributed by atoms with van der Waals surface area (Å²) in [6.45, 7) is 11.3. The summed E-state index contributed by atoms with van der Waals surface area (Å²) < 4.78 is 0.0618. The van der Waals surface area contributed by atoms with Crippen LogP contribution in [-0.2, 0) is 29.0 Å². The molecule has 1 heterocycles. The molecule has 1 N–H and O–H groups in total. The van der Waals surface area contributed by atoms with E-state index in [4.69, 9.17) is 0 Å². The Morgan fingerprint density at radius 3 is 2.15 bits per heavy atom. The summed E-state index contributed by atoms with van der Waals surface area (Å²) >= 11 is 1.82. The summed E-state index contributed by atoms with van der Waals surface area (Å²) in [7, 11) is 0. The molecule has 1 aliphatic carbocycles. The molecule has 2 amide bonds. The van der Waals surface area contributed by atoms with Crippen molar-refractivity contribution in [3.63, 3.8) is 0 Å². The molecule has 34 heavy (non-hydrogen) atoms. The second-order valence-corrected chi connectivity index (χ2v) is 12.6. The molecule has 0 bridgehead atoms. The fourth-order valence-electron chi connectivity index (χ4n) is 5.53. The number of amides is 2. The number of rotatable bonds is 7. The fraction of sp³-hybridized carbons (Fsp3) is 0.517. The number of fused-ring (bicyclic) bond motifs is 1. The minimum absolute atomic E-state index is 0.00946. The molecular formula is C29H38N2O2S. The average Bonchev–Trinajstić information content (AvgIpc) is 3.22. The summed E-state index contributed by atoms with van der Waals surface area (Å²) in [5.41, 5.74) is 3.72. The Bertz CT molecular complexity index is 1020. The number of nitrogens with zero attached hydrogens (tertiary/aromatic N) is 1. The van der Waals surface area contributed by atoms with Gasteiger partial charge in [0.25, 0.3) is 0 Å². The van der Waals surface area contributed by atoms with Crippen molar-refractivity contribution in [1.29, 1.82) is 0 Å². The Morgan fingerprint density at radius 1 is 0.971 bits per heavy atom. The van der Waals surface area contributed by atoms with Crippen molar-refractivity contribution < 1.29 is 9.59 Å². The third-order valence-corrected chi connectivity index (χ3v) is 8.46. The molecular weight excluding hydrogens is 440 g/mol. The van der Waals surface area contributed by atoms with E-state index in [1.165, 1.54) is 16.0 Å². The van der Waals surface area contributed by atoms with E-state index in [-0.39, 0.29) is 28.4 Å². The number of piperazine rings is 1. The minimum Gasteiger partial charge on any atom is -0.342 e. The van der Waals surface area contributed by atoms with Crippen LogP contribution in [0.15, 0.2) is 53.4 Å². The molecule has 5 heteroatoms. The first-order chi connectivity index (χ1) is 16.2. The Kier molecular flexibility index (Phi) is 7.42. The predicted molar refractivity (Wildman–Crippen MR) is 140 cm³/mol. The smallest absolute Gasteiger partial charge is 0.246 e. The van der Waals surface area contributed by atoms with Gasteiger partial charge in [0.05, 0.1) is 0 Å².